The van der Waals surface area contributed by atoms with Gasteiger partial charge in [0.1, 0.15) is 17.1 Å². The first kappa shape index (κ1) is 20.3. The summed E-state index contributed by atoms with van der Waals surface area (Å²) in [6.45, 7) is 6.16. The molecule has 0 bridgehead atoms. The Hall–Kier alpha value is -3.02. The number of amides is 2. The van der Waals surface area contributed by atoms with Crippen molar-refractivity contribution in [2.45, 2.75) is 20.8 Å². The fourth-order valence-electron chi connectivity index (χ4n) is 3.00. The number of ether oxygens (including phenoxy) is 2. The van der Waals surface area contributed by atoms with Crippen molar-refractivity contribution in [2.24, 2.45) is 0 Å². The zero-order chi connectivity index (χ0) is 20.0. The number of nitrogens with one attached hydrogen (secondary N) is 1. The molecular formula is C21H26N2O4. The number of methoxy groups -OCH3 is 2. The largest absolute Gasteiger partial charge is 0.496 e. The van der Waals surface area contributed by atoms with E-state index in [9.17, 15) is 9.59 Å². The number of aryl methyl sites for hydroxylation is 2. The third-order valence-corrected chi connectivity index (χ3v) is 4.30. The normalized spacial score (nSPS) is 10.3. The van der Waals surface area contributed by atoms with Crippen molar-refractivity contribution in [1.29, 1.82) is 0 Å². The molecule has 0 aliphatic heterocycles. The van der Waals surface area contributed by atoms with Gasteiger partial charge in [-0.1, -0.05) is 23.8 Å². The Bertz CT molecular complexity index is 811. The molecule has 27 heavy (non-hydrogen) atoms. The first-order chi connectivity index (χ1) is 12.9. The van der Waals surface area contributed by atoms with Crippen LogP contribution in [-0.2, 0) is 4.79 Å². The molecule has 0 saturated heterocycles. The summed E-state index contributed by atoms with van der Waals surface area (Å²) in [4.78, 5) is 26.4. The molecule has 2 rings (SSSR count). The predicted molar refractivity (Wildman–Crippen MR) is 106 cm³/mol. The van der Waals surface area contributed by atoms with Crippen LogP contribution in [-0.4, -0.2) is 39.1 Å². The zero-order valence-corrected chi connectivity index (χ0v) is 16.5. The summed E-state index contributed by atoms with van der Waals surface area (Å²) in [6.07, 6.45) is 0. The maximum atomic E-state index is 12.6. The average Bonchev–Trinajstić information content (AvgIpc) is 2.64. The number of rotatable bonds is 7. The first-order valence-corrected chi connectivity index (χ1v) is 8.73. The van der Waals surface area contributed by atoms with Gasteiger partial charge < -0.3 is 19.7 Å². The number of hydrogen-bond donors (Lipinski definition) is 1. The van der Waals surface area contributed by atoms with Crippen LogP contribution < -0.4 is 19.7 Å². The van der Waals surface area contributed by atoms with Crippen molar-refractivity contribution in [3.05, 3.63) is 53.1 Å². The van der Waals surface area contributed by atoms with Crippen LogP contribution in [0.3, 0.4) is 0 Å². The van der Waals surface area contributed by atoms with Gasteiger partial charge in [0.2, 0.25) is 5.91 Å². The molecule has 0 fully saturated rings. The van der Waals surface area contributed by atoms with Crippen LogP contribution in [0.15, 0.2) is 36.4 Å². The van der Waals surface area contributed by atoms with Crippen molar-refractivity contribution < 1.29 is 19.1 Å². The summed E-state index contributed by atoms with van der Waals surface area (Å²) in [5.74, 6) is 0.480. The minimum absolute atomic E-state index is 0.0777. The molecule has 0 atom stereocenters. The van der Waals surface area contributed by atoms with Gasteiger partial charge in [-0.3, -0.25) is 9.59 Å². The Morgan fingerprint density at radius 3 is 2.19 bits per heavy atom. The van der Waals surface area contributed by atoms with Gasteiger partial charge >= 0.3 is 0 Å². The molecule has 6 nitrogen and oxygen atoms in total. The minimum atomic E-state index is -0.312. The highest BCUT2D eigenvalue weighted by Crippen LogP contribution is 2.28. The number of benzene rings is 2. The molecule has 0 heterocycles. The molecule has 0 unspecified atom stereocenters. The standard InChI is InChI=1S/C21H26N2O4/c1-14-9-10-17(15(2)13-14)23(16(3)24)12-11-22-21(25)20-18(26-4)7-6-8-19(20)27-5/h6-10,13H,11-12H2,1-5H3,(H,22,25). The molecule has 6 heteroatoms. The Morgan fingerprint density at radius 2 is 1.67 bits per heavy atom. The first-order valence-electron chi connectivity index (χ1n) is 8.73. The third-order valence-electron chi connectivity index (χ3n) is 4.30. The van der Waals surface area contributed by atoms with Gasteiger partial charge in [0, 0.05) is 25.7 Å². The lowest BCUT2D eigenvalue weighted by Crippen LogP contribution is -2.38. The van der Waals surface area contributed by atoms with Crippen molar-refractivity contribution in [1.82, 2.24) is 5.32 Å². The van der Waals surface area contributed by atoms with E-state index >= 15 is 0 Å². The van der Waals surface area contributed by atoms with E-state index in [-0.39, 0.29) is 11.8 Å². The number of carbonyl (C=O) groups excluding carboxylic acids is 2. The van der Waals surface area contributed by atoms with Crippen LogP contribution >= 0.6 is 0 Å². The summed E-state index contributed by atoms with van der Waals surface area (Å²) in [5, 5.41) is 2.84. The maximum absolute atomic E-state index is 12.6. The summed E-state index contributed by atoms with van der Waals surface area (Å²) < 4.78 is 10.5. The van der Waals surface area contributed by atoms with Gasteiger partial charge in [-0.15, -0.1) is 0 Å². The molecule has 0 aromatic heterocycles. The van der Waals surface area contributed by atoms with Crippen LogP contribution in [0, 0.1) is 13.8 Å². The summed E-state index contributed by atoms with van der Waals surface area (Å²) in [5.41, 5.74) is 3.33. The quantitative estimate of drug-likeness (QED) is 0.813. The van der Waals surface area contributed by atoms with Gasteiger partial charge in [-0.05, 0) is 37.6 Å². The molecule has 1 N–H and O–H groups in total. The van der Waals surface area contributed by atoms with E-state index in [1.54, 1.807) is 23.1 Å². The van der Waals surface area contributed by atoms with Crippen molar-refractivity contribution in [3.8, 4) is 11.5 Å². The summed E-state index contributed by atoms with van der Waals surface area (Å²) in [7, 11) is 3.01. The summed E-state index contributed by atoms with van der Waals surface area (Å²) in [6, 6.07) is 11.1. The molecule has 144 valence electrons. The van der Waals surface area contributed by atoms with Gasteiger partial charge in [0.05, 0.1) is 14.2 Å². The predicted octanol–water partition coefficient (Wildman–Crippen LogP) is 3.10. The number of anilines is 1. The molecular weight excluding hydrogens is 344 g/mol. The van der Waals surface area contributed by atoms with Crippen LogP contribution in [0.2, 0.25) is 0 Å². The number of nitrogens with zero attached hydrogens (tertiary/aromatic N) is 1. The molecule has 0 radical (unpaired) electrons. The van der Waals surface area contributed by atoms with Crippen LogP contribution in [0.5, 0.6) is 11.5 Å². The monoisotopic (exact) mass is 370 g/mol. The lowest BCUT2D eigenvalue weighted by Gasteiger charge is -2.24. The second kappa shape index (κ2) is 9.07. The molecule has 2 aromatic rings. The van der Waals surface area contributed by atoms with E-state index in [2.05, 4.69) is 5.32 Å². The van der Waals surface area contributed by atoms with E-state index < -0.39 is 0 Å². The van der Waals surface area contributed by atoms with Crippen molar-refractivity contribution in [2.75, 3.05) is 32.2 Å². The molecule has 2 aromatic carbocycles. The second-order valence-electron chi connectivity index (χ2n) is 6.25. The Balaban J connectivity index is 2.12. The van der Waals surface area contributed by atoms with Gasteiger partial charge in [-0.25, -0.2) is 0 Å². The Kier molecular flexibility index (Phi) is 6.82. The smallest absolute Gasteiger partial charge is 0.258 e. The SMILES string of the molecule is COc1cccc(OC)c1C(=O)NCCN(C(C)=O)c1ccc(C)cc1C. The van der Waals surface area contributed by atoms with E-state index in [1.165, 1.54) is 21.1 Å². The average molecular weight is 370 g/mol. The minimum Gasteiger partial charge on any atom is -0.496 e. The van der Waals surface area contributed by atoms with Gasteiger partial charge in [0.25, 0.3) is 5.91 Å². The van der Waals surface area contributed by atoms with Crippen LogP contribution in [0.1, 0.15) is 28.4 Å². The second-order valence-corrected chi connectivity index (χ2v) is 6.25. The fourth-order valence-corrected chi connectivity index (χ4v) is 3.00. The maximum Gasteiger partial charge on any atom is 0.258 e. The third kappa shape index (κ3) is 4.78. The zero-order valence-electron chi connectivity index (χ0n) is 16.5. The fraction of sp³-hybridized carbons (Fsp3) is 0.333. The highest BCUT2D eigenvalue weighted by molar-refractivity contribution is 6.00. The molecule has 0 spiro atoms. The number of hydrogen-bond acceptors (Lipinski definition) is 4. The van der Waals surface area contributed by atoms with Crippen molar-refractivity contribution >= 4 is 17.5 Å². The molecule has 0 saturated carbocycles. The Labute approximate surface area is 160 Å². The van der Waals surface area contributed by atoms with Crippen molar-refractivity contribution in [3.63, 3.8) is 0 Å². The van der Waals surface area contributed by atoms with Crippen LogP contribution in [0.4, 0.5) is 5.69 Å². The lowest BCUT2D eigenvalue weighted by atomic mass is 10.1. The van der Waals surface area contributed by atoms with Gasteiger partial charge in [0.15, 0.2) is 0 Å². The molecule has 2 amide bonds. The van der Waals surface area contributed by atoms with E-state index in [4.69, 9.17) is 9.47 Å². The Morgan fingerprint density at radius 1 is 1.04 bits per heavy atom. The molecule has 0 aliphatic rings. The van der Waals surface area contributed by atoms with E-state index in [0.29, 0.717) is 30.2 Å². The topological polar surface area (TPSA) is 67.9 Å². The van der Waals surface area contributed by atoms with E-state index in [0.717, 1.165) is 16.8 Å². The summed E-state index contributed by atoms with van der Waals surface area (Å²) >= 11 is 0. The molecule has 0 aliphatic carbocycles. The van der Waals surface area contributed by atoms with Crippen LogP contribution in [0.25, 0.3) is 0 Å². The van der Waals surface area contributed by atoms with Gasteiger partial charge in [-0.2, -0.15) is 0 Å². The highest BCUT2D eigenvalue weighted by atomic mass is 16.5. The highest BCUT2D eigenvalue weighted by Gasteiger charge is 2.19. The number of carbonyl (C=O) groups is 2. The lowest BCUT2D eigenvalue weighted by molar-refractivity contribution is -0.116. The van der Waals surface area contributed by atoms with E-state index in [1.807, 2.05) is 32.0 Å².